The molecule has 1 N–H and O–H groups in total. The normalized spacial score (nSPS) is 22.3. The Morgan fingerprint density at radius 2 is 2.14 bits per heavy atom. The number of allylic oxidation sites excluding steroid dienone is 1. The summed E-state index contributed by atoms with van der Waals surface area (Å²) in [6.07, 6.45) is 4.39. The number of nitriles is 2. The molecule has 1 aromatic rings. The minimum atomic E-state index is -1.79. The first kappa shape index (κ1) is 14.5. The number of nitrogens with zero attached hydrogens (tertiary/aromatic N) is 3. The van der Waals surface area contributed by atoms with E-state index in [2.05, 4.69) is 5.16 Å². The van der Waals surface area contributed by atoms with Crippen LogP contribution in [-0.4, -0.2) is 17.4 Å². The molecule has 5 heteroatoms. The Balaban J connectivity index is 2.71. The molecule has 1 aliphatic carbocycles. The maximum Gasteiger partial charge on any atom is 0.171 e. The number of fused-ring (bicyclic) bond motifs is 1. The van der Waals surface area contributed by atoms with Gasteiger partial charge < -0.3 is 9.94 Å². The highest BCUT2D eigenvalue weighted by Crippen LogP contribution is 2.37. The lowest BCUT2D eigenvalue weighted by atomic mass is 9.76. The molecule has 0 saturated carbocycles. The smallest absolute Gasteiger partial charge is 0.171 e. The van der Waals surface area contributed by atoms with Crippen LogP contribution in [0.2, 0.25) is 0 Å². The summed E-state index contributed by atoms with van der Waals surface area (Å²) in [5.74, 6) is 0. The first-order valence-electron chi connectivity index (χ1n) is 6.39. The van der Waals surface area contributed by atoms with Crippen LogP contribution in [0.3, 0.4) is 0 Å². The van der Waals surface area contributed by atoms with Crippen molar-refractivity contribution in [2.45, 2.75) is 12.5 Å². The zero-order valence-electron chi connectivity index (χ0n) is 11.4. The fraction of sp³-hybridized carbons (Fsp3) is 0.188. The van der Waals surface area contributed by atoms with Gasteiger partial charge in [0.05, 0.1) is 17.7 Å². The average Bonchev–Trinajstić information content (AvgIpc) is 2.52. The largest absolute Gasteiger partial charge is 0.396 e. The maximum absolute atomic E-state index is 11.1. The number of oxime groups is 1. The molecule has 0 saturated heterocycles. The molecule has 5 nitrogen and oxygen atoms in total. The highest BCUT2D eigenvalue weighted by atomic mass is 16.6. The number of benzene rings is 1. The molecule has 2 rings (SSSR count). The molecule has 1 atom stereocenters. The van der Waals surface area contributed by atoms with Gasteiger partial charge >= 0.3 is 0 Å². The van der Waals surface area contributed by atoms with Gasteiger partial charge in [-0.2, -0.15) is 10.5 Å². The monoisotopic (exact) mass is 279 g/mol. The molecular formula is C16H13N3O2. The third-order valence-corrected chi connectivity index (χ3v) is 3.15. The fourth-order valence-corrected chi connectivity index (χ4v) is 2.19. The van der Waals surface area contributed by atoms with E-state index >= 15 is 0 Å². The highest BCUT2D eigenvalue weighted by Gasteiger charge is 2.42. The van der Waals surface area contributed by atoms with Crippen LogP contribution in [0.4, 0.5) is 0 Å². The van der Waals surface area contributed by atoms with Gasteiger partial charge in [0.25, 0.3) is 0 Å². The lowest BCUT2D eigenvalue weighted by Gasteiger charge is -2.31. The summed E-state index contributed by atoms with van der Waals surface area (Å²) in [6.45, 7) is 2.10. The Kier molecular flexibility index (Phi) is 4.18. The second-order valence-electron chi connectivity index (χ2n) is 4.32. The SMILES string of the molecule is CCO/N=C1\C=Cc2ccccc2C1(O)/C(C#N)=C/C#N. The van der Waals surface area contributed by atoms with E-state index < -0.39 is 5.60 Å². The Labute approximate surface area is 122 Å². The predicted octanol–water partition coefficient (Wildman–Crippen LogP) is 2.27. The molecule has 1 aromatic carbocycles. The summed E-state index contributed by atoms with van der Waals surface area (Å²) in [4.78, 5) is 5.01. The summed E-state index contributed by atoms with van der Waals surface area (Å²) in [7, 11) is 0. The van der Waals surface area contributed by atoms with Gasteiger partial charge in [0.1, 0.15) is 12.3 Å². The van der Waals surface area contributed by atoms with Crippen LogP contribution in [0.25, 0.3) is 6.08 Å². The van der Waals surface area contributed by atoms with Crippen molar-refractivity contribution in [3.63, 3.8) is 0 Å². The van der Waals surface area contributed by atoms with E-state index in [0.717, 1.165) is 11.6 Å². The molecule has 0 bridgehead atoms. The number of aliphatic hydroxyl groups is 1. The molecule has 0 aliphatic heterocycles. The fourth-order valence-electron chi connectivity index (χ4n) is 2.19. The van der Waals surface area contributed by atoms with Gasteiger partial charge in [0, 0.05) is 11.6 Å². The molecular weight excluding hydrogens is 266 g/mol. The molecule has 1 unspecified atom stereocenters. The van der Waals surface area contributed by atoms with Crippen LogP contribution in [0, 0.1) is 22.7 Å². The van der Waals surface area contributed by atoms with Gasteiger partial charge in [0.2, 0.25) is 0 Å². The van der Waals surface area contributed by atoms with E-state index in [1.807, 2.05) is 18.2 Å². The zero-order chi connectivity index (χ0) is 15.3. The summed E-state index contributed by atoms with van der Waals surface area (Å²) in [5, 5.41) is 33.1. The zero-order valence-corrected chi connectivity index (χ0v) is 11.4. The molecule has 0 heterocycles. The lowest BCUT2D eigenvalue weighted by Crippen LogP contribution is -2.39. The number of hydrogen-bond acceptors (Lipinski definition) is 5. The Morgan fingerprint density at radius 3 is 2.81 bits per heavy atom. The number of hydrogen-bond donors (Lipinski definition) is 1. The van der Waals surface area contributed by atoms with E-state index in [-0.39, 0.29) is 11.3 Å². The summed E-state index contributed by atoms with van der Waals surface area (Å²) >= 11 is 0. The van der Waals surface area contributed by atoms with Crippen molar-refractivity contribution >= 4 is 11.8 Å². The van der Waals surface area contributed by atoms with Gasteiger partial charge in [-0.05, 0) is 18.6 Å². The summed E-state index contributed by atoms with van der Waals surface area (Å²) in [5.41, 5.74) is -0.458. The molecule has 0 aromatic heterocycles. The quantitative estimate of drug-likeness (QED) is 0.679. The van der Waals surface area contributed by atoms with Gasteiger partial charge in [0.15, 0.2) is 5.60 Å². The van der Waals surface area contributed by atoms with Crippen LogP contribution in [0.5, 0.6) is 0 Å². The molecule has 0 fully saturated rings. The van der Waals surface area contributed by atoms with Crippen molar-refractivity contribution in [2.75, 3.05) is 6.61 Å². The van der Waals surface area contributed by atoms with Crippen LogP contribution >= 0.6 is 0 Å². The van der Waals surface area contributed by atoms with E-state index in [0.29, 0.717) is 12.2 Å². The topological polar surface area (TPSA) is 89.4 Å². The van der Waals surface area contributed by atoms with Gasteiger partial charge in [-0.25, -0.2) is 0 Å². The van der Waals surface area contributed by atoms with Gasteiger partial charge in [-0.15, -0.1) is 0 Å². The second-order valence-corrected chi connectivity index (χ2v) is 4.32. The Bertz CT molecular complexity index is 720. The standard InChI is InChI=1S/C16H13N3O2/c1-2-21-19-15-8-7-12-5-3-4-6-14(12)16(15,20)13(11-18)9-10-17/h3-9,20H,2H2,1H3/b13-9+,19-15+. The molecule has 0 amide bonds. The molecule has 0 spiro atoms. The van der Waals surface area contributed by atoms with E-state index in [1.165, 1.54) is 0 Å². The maximum atomic E-state index is 11.1. The van der Waals surface area contributed by atoms with Gasteiger partial charge in [-0.1, -0.05) is 35.5 Å². The highest BCUT2D eigenvalue weighted by molar-refractivity contribution is 6.10. The third kappa shape index (κ3) is 2.43. The average molecular weight is 279 g/mol. The minimum Gasteiger partial charge on any atom is -0.396 e. The van der Waals surface area contributed by atoms with E-state index in [4.69, 9.17) is 10.1 Å². The Morgan fingerprint density at radius 1 is 1.38 bits per heavy atom. The molecule has 0 radical (unpaired) electrons. The van der Waals surface area contributed by atoms with Gasteiger partial charge in [-0.3, -0.25) is 0 Å². The van der Waals surface area contributed by atoms with Crippen molar-refractivity contribution in [2.24, 2.45) is 5.16 Å². The van der Waals surface area contributed by atoms with Crippen LogP contribution in [0.15, 0.2) is 47.1 Å². The first-order chi connectivity index (χ1) is 10.2. The molecule has 104 valence electrons. The van der Waals surface area contributed by atoms with Crippen LogP contribution < -0.4 is 0 Å². The summed E-state index contributed by atoms with van der Waals surface area (Å²) < 4.78 is 0. The summed E-state index contributed by atoms with van der Waals surface area (Å²) in [6, 6.07) is 10.8. The Hall–Kier alpha value is -2.89. The molecule has 1 aliphatic rings. The van der Waals surface area contributed by atoms with Crippen molar-refractivity contribution < 1.29 is 9.94 Å². The minimum absolute atomic E-state index is 0.0970. The van der Waals surface area contributed by atoms with Crippen molar-refractivity contribution in [1.82, 2.24) is 0 Å². The van der Waals surface area contributed by atoms with Crippen molar-refractivity contribution in [3.8, 4) is 12.1 Å². The lowest BCUT2D eigenvalue weighted by molar-refractivity contribution is 0.127. The first-order valence-corrected chi connectivity index (χ1v) is 6.39. The number of rotatable bonds is 3. The molecule has 21 heavy (non-hydrogen) atoms. The van der Waals surface area contributed by atoms with Crippen LogP contribution in [-0.2, 0) is 10.4 Å². The third-order valence-electron chi connectivity index (χ3n) is 3.15. The van der Waals surface area contributed by atoms with E-state index in [1.54, 1.807) is 37.3 Å². The van der Waals surface area contributed by atoms with Crippen molar-refractivity contribution in [3.05, 3.63) is 53.1 Å². The van der Waals surface area contributed by atoms with Crippen molar-refractivity contribution in [1.29, 1.82) is 10.5 Å². The predicted molar refractivity (Wildman–Crippen MR) is 77.7 cm³/mol. The second kappa shape index (κ2) is 6.04. The van der Waals surface area contributed by atoms with Crippen LogP contribution in [0.1, 0.15) is 18.1 Å². The van der Waals surface area contributed by atoms with E-state index in [9.17, 15) is 10.4 Å².